The zero-order valence-electron chi connectivity index (χ0n) is 11.7. The summed E-state index contributed by atoms with van der Waals surface area (Å²) in [6, 6.07) is 8.07. The van der Waals surface area contributed by atoms with Gasteiger partial charge in [-0.25, -0.2) is 0 Å². The number of hydrogen-bond acceptors (Lipinski definition) is 3. The summed E-state index contributed by atoms with van der Waals surface area (Å²) in [5.41, 5.74) is 6.91. The van der Waals surface area contributed by atoms with Crippen LogP contribution in [0, 0.1) is 0 Å². The Morgan fingerprint density at radius 2 is 2.26 bits per heavy atom. The molecule has 0 saturated carbocycles. The third kappa shape index (κ3) is 4.46. The SMILES string of the molecule is CC1(C)CN(CCc2cccc(Cl)c2)CC(CN)O1. The lowest BCUT2D eigenvalue weighted by Gasteiger charge is -2.42. The quantitative estimate of drug-likeness (QED) is 0.921. The molecule has 3 nitrogen and oxygen atoms in total. The monoisotopic (exact) mass is 282 g/mol. The molecule has 1 aliphatic heterocycles. The highest BCUT2D eigenvalue weighted by atomic mass is 35.5. The Morgan fingerprint density at radius 1 is 1.47 bits per heavy atom. The molecule has 19 heavy (non-hydrogen) atoms. The summed E-state index contributed by atoms with van der Waals surface area (Å²) in [5, 5.41) is 0.805. The number of hydrogen-bond donors (Lipinski definition) is 1. The highest BCUT2D eigenvalue weighted by Crippen LogP contribution is 2.21. The molecule has 1 aromatic carbocycles. The average molecular weight is 283 g/mol. The van der Waals surface area contributed by atoms with Crippen LogP contribution in [0.1, 0.15) is 19.4 Å². The topological polar surface area (TPSA) is 38.5 Å². The van der Waals surface area contributed by atoms with Crippen LogP contribution >= 0.6 is 11.6 Å². The second-order valence-electron chi connectivity index (χ2n) is 5.85. The zero-order valence-corrected chi connectivity index (χ0v) is 12.5. The van der Waals surface area contributed by atoms with E-state index in [9.17, 15) is 0 Å². The summed E-state index contributed by atoms with van der Waals surface area (Å²) >= 11 is 6.01. The van der Waals surface area contributed by atoms with E-state index in [4.69, 9.17) is 22.1 Å². The van der Waals surface area contributed by atoms with E-state index in [1.165, 1.54) is 5.56 Å². The van der Waals surface area contributed by atoms with Gasteiger partial charge in [-0.2, -0.15) is 0 Å². The lowest BCUT2D eigenvalue weighted by atomic mass is 10.0. The van der Waals surface area contributed by atoms with Gasteiger partial charge in [0.05, 0.1) is 11.7 Å². The second kappa shape index (κ2) is 6.23. The fraction of sp³-hybridized carbons (Fsp3) is 0.600. The van der Waals surface area contributed by atoms with E-state index >= 15 is 0 Å². The number of ether oxygens (including phenoxy) is 1. The molecule has 1 aliphatic rings. The molecule has 2 rings (SSSR count). The molecule has 1 aromatic rings. The van der Waals surface area contributed by atoms with Gasteiger partial charge in [0.15, 0.2) is 0 Å². The van der Waals surface area contributed by atoms with Gasteiger partial charge in [0.1, 0.15) is 0 Å². The van der Waals surface area contributed by atoms with Crippen molar-refractivity contribution >= 4 is 11.6 Å². The van der Waals surface area contributed by atoms with Gasteiger partial charge < -0.3 is 10.5 Å². The van der Waals surface area contributed by atoms with Gasteiger partial charge in [0, 0.05) is 31.2 Å². The van der Waals surface area contributed by atoms with E-state index in [2.05, 4.69) is 24.8 Å². The molecular weight excluding hydrogens is 260 g/mol. The number of benzene rings is 1. The standard InChI is InChI=1S/C15H23ClN2O/c1-15(2)11-18(10-14(9-17)19-15)7-6-12-4-3-5-13(16)8-12/h3-5,8,14H,6-7,9-11,17H2,1-2H3. The van der Waals surface area contributed by atoms with E-state index in [1.54, 1.807) is 0 Å². The first-order chi connectivity index (χ1) is 8.98. The van der Waals surface area contributed by atoms with Gasteiger partial charge in [0.25, 0.3) is 0 Å². The van der Waals surface area contributed by atoms with Crippen molar-refractivity contribution in [2.45, 2.75) is 32.0 Å². The number of halogens is 1. The molecule has 1 unspecified atom stereocenters. The van der Waals surface area contributed by atoms with Crippen LogP contribution in [-0.4, -0.2) is 42.8 Å². The van der Waals surface area contributed by atoms with Crippen molar-refractivity contribution in [3.63, 3.8) is 0 Å². The normalized spacial score (nSPS) is 23.5. The molecule has 1 heterocycles. The van der Waals surface area contributed by atoms with E-state index in [0.29, 0.717) is 6.54 Å². The summed E-state index contributed by atoms with van der Waals surface area (Å²) < 4.78 is 5.94. The highest BCUT2D eigenvalue weighted by Gasteiger charge is 2.32. The van der Waals surface area contributed by atoms with Crippen LogP contribution in [0.4, 0.5) is 0 Å². The van der Waals surface area contributed by atoms with Crippen LogP contribution in [0.15, 0.2) is 24.3 Å². The minimum atomic E-state index is -0.114. The first-order valence-corrected chi connectivity index (χ1v) is 7.21. The maximum absolute atomic E-state index is 6.01. The van der Waals surface area contributed by atoms with Gasteiger partial charge in [-0.05, 0) is 38.0 Å². The Morgan fingerprint density at radius 3 is 2.95 bits per heavy atom. The predicted octanol–water partition coefficient (Wildman–Crippen LogP) is 2.32. The molecule has 0 aliphatic carbocycles. The molecule has 0 amide bonds. The van der Waals surface area contributed by atoms with E-state index in [-0.39, 0.29) is 11.7 Å². The maximum atomic E-state index is 6.01. The molecule has 2 N–H and O–H groups in total. The van der Waals surface area contributed by atoms with Crippen molar-refractivity contribution < 1.29 is 4.74 Å². The smallest absolute Gasteiger partial charge is 0.0831 e. The van der Waals surface area contributed by atoms with E-state index in [1.807, 2.05) is 18.2 Å². The van der Waals surface area contributed by atoms with Crippen LogP contribution in [0.3, 0.4) is 0 Å². The molecule has 0 spiro atoms. The summed E-state index contributed by atoms with van der Waals surface area (Å²) in [7, 11) is 0. The molecule has 0 bridgehead atoms. The summed E-state index contributed by atoms with van der Waals surface area (Å²) in [6.07, 6.45) is 1.15. The van der Waals surface area contributed by atoms with Crippen molar-refractivity contribution in [3.8, 4) is 0 Å². The van der Waals surface area contributed by atoms with E-state index in [0.717, 1.165) is 31.1 Å². The number of nitrogens with two attached hydrogens (primary N) is 1. The molecule has 0 radical (unpaired) electrons. The molecule has 4 heteroatoms. The fourth-order valence-corrected chi connectivity index (χ4v) is 2.90. The van der Waals surface area contributed by atoms with Gasteiger partial charge >= 0.3 is 0 Å². The zero-order chi connectivity index (χ0) is 13.9. The molecule has 1 fully saturated rings. The Hall–Kier alpha value is -0.610. The minimum Gasteiger partial charge on any atom is -0.368 e. The Bertz CT molecular complexity index is 422. The second-order valence-corrected chi connectivity index (χ2v) is 6.29. The molecule has 1 atom stereocenters. The third-order valence-electron chi connectivity index (χ3n) is 3.42. The average Bonchev–Trinajstić information content (AvgIpc) is 2.34. The van der Waals surface area contributed by atoms with Crippen molar-refractivity contribution in [2.75, 3.05) is 26.2 Å². The van der Waals surface area contributed by atoms with Crippen LogP contribution in [0.25, 0.3) is 0 Å². The minimum absolute atomic E-state index is 0.114. The van der Waals surface area contributed by atoms with Gasteiger partial charge in [-0.1, -0.05) is 23.7 Å². The van der Waals surface area contributed by atoms with Crippen molar-refractivity contribution in [1.29, 1.82) is 0 Å². The Balaban J connectivity index is 1.91. The lowest BCUT2D eigenvalue weighted by Crippen LogP contribution is -2.55. The fourth-order valence-electron chi connectivity index (χ4n) is 2.69. The molecule has 0 aromatic heterocycles. The number of nitrogens with zero attached hydrogens (tertiary/aromatic N) is 1. The van der Waals surface area contributed by atoms with E-state index < -0.39 is 0 Å². The summed E-state index contributed by atoms with van der Waals surface area (Å²) in [4.78, 5) is 2.43. The van der Waals surface area contributed by atoms with Gasteiger partial charge in [0.2, 0.25) is 0 Å². The Kier molecular flexibility index (Phi) is 4.85. The van der Waals surface area contributed by atoms with Crippen molar-refractivity contribution in [2.24, 2.45) is 5.73 Å². The van der Waals surface area contributed by atoms with Crippen LogP contribution in [0.5, 0.6) is 0 Å². The predicted molar refractivity (Wildman–Crippen MR) is 79.6 cm³/mol. The van der Waals surface area contributed by atoms with Crippen LogP contribution in [0.2, 0.25) is 5.02 Å². The lowest BCUT2D eigenvalue weighted by molar-refractivity contribution is -0.131. The van der Waals surface area contributed by atoms with Crippen LogP contribution in [-0.2, 0) is 11.2 Å². The summed E-state index contributed by atoms with van der Waals surface area (Å²) in [5.74, 6) is 0. The molecular formula is C15H23ClN2O. The summed E-state index contributed by atoms with van der Waals surface area (Å²) in [6.45, 7) is 7.72. The first kappa shape index (κ1) is 14.8. The van der Waals surface area contributed by atoms with Crippen molar-refractivity contribution in [3.05, 3.63) is 34.9 Å². The number of morpholine rings is 1. The highest BCUT2D eigenvalue weighted by molar-refractivity contribution is 6.30. The number of rotatable bonds is 4. The first-order valence-electron chi connectivity index (χ1n) is 6.83. The maximum Gasteiger partial charge on any atom is 0.0831 e. The molecule has 1 saturated heterocycles. The largest absolute Gasteiger partial charge is 0.368 e. The molecule has 106 valence electrons. The van der Waals surface area contributed by atoms with Gasteiger partial charge in [-0.3, -0.25) is 4.90 Å². The Labute approximate surface area is 120 Å². The van der Waals surface area contributed by atoms with Crippen molar-refractivity contribution in [1.82, 2.24) is 4.90 Å². The van der Waals surface area contributed by atoms with Crippen LogP contribution < -0.4 is 5.73 Å². The third-order valence-corrected chi connectivity index (χ3v) is 3.66. The van der Waals surface area contributed by atoms with Gasteiger partial charge in [-0.15, -0.1) is 0 Å².